The fourth-order valence-corrected chi connectivity index (χ4v) is 3.16. The van der Waals surface area contributed by atoms with Crippen molar-refractivity contribution in [2.24, 2.45) is 17.8 Å². The van der Waals surface area contributed by atoms with Crippen molar-refractivity contribution < 1.29 is 18.0 Å². The Morgan fingerprint density at radius 3 is 2.67 bits per heavy atom. The zero-order valence-corrected chi connectivity index (χ0v) is 11.4. The van der Waals surface area contributed by atoms with Gasteiger partial charge in [0.15, 0.2) is 0 Å². The molecule has 6 heteroatoms. The average molecular weight is 298 g/mol. The van der Waals surface area contributed by atoms with Crippen molar-refractivity contribution in [1.29, 1.82) is 0 Å². The van der Waals surface area contributed by atoms with Gasteiger partial charge >= 0.3 is 6.18 Å². The molecule has 2 N–H and O–H groups in total. The molecular formula is C15H17F3N2O. The van der Waals surface area contributed by atoms with Crippen LogP contribution in [0.3, 0.4) is 0 Å². The van der Waals surface area contributed by atoms with Gasteiger partial charge in [0.05, 0.1) is 5.56 Å². The number of fused-ring (bicyclic) bond motifs is 1. The minimum atomic E-state index is -4.32. The summed E-state index contributed by atoms with van der Waals surface area (Å²) in [5, 5.41) is 6.05. The Hall–Kier alpha value is -1.56. The van der Waals surface area contributed by atoms with Gasteiger partial charge in [-0.25, -0.2) is 0 Å². The molecule has 0 radical (unpaired) electrons. The van der Waals surface area contributed by atoms with E-state index in [2.05, 4.69) is 10.6 Å². The number of nitrogens with one attached hydrogen (secondary N) is 2. The first-order valence-electron chi connectivity index (χ1n) is 7.11. The molecule has 1 aromatic carbocycles. The third-order valence-corrected chi connectivity index (χ3v) is 4.36. The van der Waals surface area contributed by atoms with Gasteiger partial charge in [0, 0.05) is 12.5 Å². The quantitative estimate of drug-likeness (QED) is 0.890. The molecule has 21 heavy (non-hydrogen) atoms. The Kier molecular flexibility index (Phi) is 3.65. The number of hydrogen-bond acceptors (Lipinski definition) is 2. The van der Waals surface area contributed by atoms with E-state index in [1.165, 1.54) is 6.07 Å². The number of hydrogen-bond donors (Lipinski definition) is 2. The van der Waals surface area contributed by atoms with Crippen LogP contribution in [0.1, 0.15) is 11.1 Å². The van der Waals surface area contributed by atoms with Crippen LogP contribution in [0.5, 0.6) is 0 Å². The lowest BCUT2D eigenvalue weighted by Gasteiger charge is -2.10. The van der Waals surface area contributed by atoms with Gasteiger partial charge < -0.3 is 10.6 Å². The molecule has 0 aromatic heterocycles. The molecule has 114 valence electrons. The van der Waals surface area contributed by atoms with E-state index in [0.29, 0.717) is 30.4 Å². The van der Waals surface area contributed by atoms with Gasteiger partial charge in [-0.2, -0.15) is 13.2 Å². The molecule has 3 atom stereocenters. The van der Waals surface area contributed by atoms with Crippen LogP contribution in [-0.2, 0) is 17.4 Å². The van der Waals surface area contributed by atoms with Crippen LogP contribution < -0.4 is 10.6 Å². The minimum absolute atomic E-state index is 0.0403. The maximum atomic E-state index is 12.6. The summed E-state index contributed by atoms with van der Waals surface area (Å²) in [5.41, 5.74) is -0.0584. The van der Waals surface area contributed by atoms with Gasteiger partial charge in [0.1, 0.15) is 0 Å². The summed E-state index contributed by atoms with van der Waals surface area (Å²) in [5.74, 6) is 1.06. The lowest BCUT2D eigenvalue weighted by Crippen LogP contribution is -2.31. The van der Waals surface area contributed by atoms with Gasteiger partial charge in [-0.05, 0) is 43.0 Å². The Morgan fingerprint density at radius 2 is 2.00 bits per heavy atom. The molecule has 1 aliphatic heterocycles. The molecule has 0 bridgehead atoms. The van der Waals surface area contributed by atoms with Crippen molar-refractivity contribution in [3.8, 4) is 0 Å². The third-order valence-electron chi connectivity index (χ3n) is 4.36. The Morgan fingerprint density at radius 1 is 1.29 bits per heavy atom. The van der Waals surface area contributed by atoms with Crippen LogP contribution in [0, 0.1) is 17.8 Å². The topological polar surface area (TPSA) is 41.1 Å². The molecule has 3 nitrogen and oxygen atoms in total. The lowest BCUT2D eigenvalue weighted by molar-refractivity contribution is -0.137. The minimum Gasteiger partial charge on any atom is -0.356 e. The van der Waals surface area contributed by atoms with Gasteiger partial charge in [0.25, 0.3) is 0 Å². The fourth-order valence-electron chi connectivity index (χ4n) is 3.16. The van der Waals surface area contributed by atoms with Crippen LogP contribution in [0.15, 0.2) is 24.3 Å². The number of alkyl halides is 3. The monoisotopic (exact) mass is 298 g/mol. The second-order valence-corrected chi connectivity index (χ2v) is 5.75. The predicted octanol–water partition coefficient (Wildman–Crippen LogP) is 1.83. The van der Waals surface area contributed by atoms with E-state index in [9.17, 15) is 18.0 Å². The number of carbonyl (C=O) groups excluding carboxylic acids is 1. The predicted molar refractivity (Wildman–Crippen MR) is 71.5 cm³/mol. The number of benzene rings is 1. The van der Waals surface area contributed by atoms with Crippen molar-refractivity contribution in [2.45, 2.75) is 12.6 Å². The van der Waals surface area contributed by atoms with Crippen LogP contribution in [0.2, 0.25) is 0 Å². The van der Waals surface area contributed by atoms with Gasteiger partial charge in [0.2, 0.25) is 5.91 Å². The summed E-state index contributed by atoms with van der Waals surface area (Å²) in [6.45, 7) is 2.18. The van der Waals surface area contributed by atoms with Crippen LogP contribution >= 0.6 is 0 Å². The number of piperidine rings is 1. The highest BCUT2D eigenvalue weighted by Crippen LogP contribution is 2.48. The fraction of sp³-hybridized carbons (Fsp3) is 0.533. The molecule has 2 aliphatic rings. The van der Waals surface area contributed by atoms with Crippen LogP contribution in [0.4, 0.5) is 13.2 Å². The zero-order chi connectivity index (χ0) is 15.0. The zero-order valence-electron chi connectivity index (χ0n) is 11.4. The summed E-state index contributed by atoms with van der Waals surface area (Å²) >= 11 is 0. The highest BCUT2D eigenvalue weighted by Gasteiger charge is 2.56. The third kappa shape index (κ3) is 3.05. The van der Waals surface area contributed by atoms with Crippen molar-refractivity contribution in [2.75, 3.05) is 19.6 Å². The van der Waals surface area contributed by atoms with E-state index in [4.69, 9.17) is 0 Å². The first-order valence-corrected chi connectivity index (χ1v) is 7.11. The molecule has 1 heterocycles. The van der Waals surface area contributed by atoms with Gasteiger partial charge in [-0.3, -0.25) is 4.79 Å². The van der Waals surface area contributed by atoms with E-state index in [0.717, 1.165) is 25.2 Å². The summed E-state index contributed by atoms with van der Waals surface area (Å²) in [4.78, 5) is 11.9. The summed E-state index contributed by atoms with van der Waals surface area (Å²) < 4.78 is 37.8. The highest BCUT2D eigenvalue weighted by atomic mass is 19.4. The van der Waals surface area contributed by atoms with Crippen LogP contribution in [-0.4, -0.2) is 25.5 Å². The lowest BCUT2D eigenvalue weighted by atomic mass is 10.1. The first kappa shape index (κ1) is 14.4. The van der Waals surface area contributed by atoms with E-state index >= 15 is 0 Å². The first-order chi connectivity index (χ1) is 9.97. The largest absolute Gasteiger partial charge is 0.416 e. The Balaban J connectivity index is 1.48. The second kappa shape index (κ2) is 5.33. The molecule has 0 spiro atoms. The molecule has 2 fully saturated rings. The summed E-state index contributed by atoms with van der Waals surface area (Å²) in [7, 11) is 0. The van der Waals surface area contributed by atoms with E-state index < -0.39 is 11.7 Å². The molecule has 1 unspecified atom stereocenters. The SMILES string of the molecule is O=C(NCCc1cccc(C(F)(F)F)c1)C1[C@H]2CNC[C@@H]12. The maximum absolute atomic E-state index is 12.6. The second-order valence-electron chi connectivity index (χ2n) is 5.75. The summed E-state index contributed by atoms with van der Waals surface area (Å²) in [6, 6.07) is 5.25. The maximum Gasteiger partial charge on any atom is 0.416 e. The van der Waals surface area contributed by atoms with Crippen molar-refractivity contribution in [1.82, 2.24) is 10.6 Å². The smallest absolute Gasteiger partial charge is 0.356 e. The van der Waals surface area contributed by atoms with Gasteiger partial charge in [-0.15, -0.1) is 0 Å². The molecule has 3 rings (SSSR count). The van der Waals surface area contributed by atoms with E-state index in [-0.39, 0.29) is 11.8 Å². The molecule has 1 saturated heterocycles. The normalized spacial score (nSPS) is 27.3. The van der Waals surface area contributed by atoms with Crippen LogP contribution in [0.25, 0.3) is 0 Å². The number of amides is 1. The standard InChI is InChI=1S/C15H17F3N2O/c16-15(17,18)10-3-1-2-9(6-10)4-5-20-14(21)13-11-7-19-8-12(11)13/h1-3,6,11-13,19H,4-5,7-8H2,(H,20,21)/t11-,12+,13?. The highest BCUT2D eigenvalue weighted by molar-refractivity contribution is 5.82. The molecule has 1 amide bonds. The molecule has 1 aliphatic carbocycles. The van der Waals surface area contributed by atoms with Crippen molar-refractivity contribution >= 4 is 5.91 Å². The summed E-state index contributed by atoms with van der Waals surface area (Å²) in [6.07, 6.45) is -3.91. The molecular weight excluding hydrogens is 281 g/mol. The Bertz CT molecular complexity index is 534. The average Bonchev–Trinajstić information content (AvgIpc) is 2.92. The van der Waals surface area contributed by atoms with Crippen molar-refractivity contribution in [3.05, 3.63) is 35.4 Å². The van der Waals surface area contributed by atoms with E-state index in [1.807, 2.05) is 0 Å². The molecule has 1 aromatic rings. The van der Waals surface area contributed by atoms with Crippen molar-refractivity contribution in [3.63, 3.8) is 0 Å². The number of halogens is 3. The Labute approximate surface area is 120 Å². The number of rotatable bonds is 4. The number of carbonyl (C=O) groups is 1. The van der Waals surface area contributed by atoms with Gasteiger partial charge in [-0.1, -0.05) is 18.2 Å². The molecule has 1 saturated carbocycles. The van der Waals surface area contributed by atoms with E-state index in [1.54, 1.807) is 6.07 Å².